The SMILES string of the molecule is O=C(O)c1ccc([N+](=O)[O-])cc1Oc1ccc(CO)cc1. The minimum atomic E-state index is -1.24. The highest BCUT2D eigenvalue weighted by Crippen LogP contribution is 2.29. The lowest BCUT2D eigenvalue weighted by Crippen LogP contribution is -2.01. The molecule has 2 aromatic rings. The number of nitro benzene ring substituents is 1. The lowest BCUT2D eigenvalue weighted by molar-refractivity contribution is -0.384. The molecule has 108 valence electrons. The van der Waals surface area contributed by atoms with Gasteiger partial charge in [-0.3, -0.25) is 10.1 Å². The van der Waals surface area contributed by atoms with Gasteiger partial charge in [0.25, 0.3) is 5.69 Å². The highest BCUT2D eigenvalue weighted by atomic mass is 16.6. The second-order valence-electron chi connectivity index (χ2n) is 4.15. The van der Waals surface area contributed by atoms with E-state index in [-0.39, 0.29) is 23.6 Å². The van der Waals surface area contributed by atoms with Gasteiger partial charge < -0.3 is 14.9 Å². The number of hydrogen-bond donors (Lipinski definition) is 2. The molecule has 0 saturated heterocycles. The van der Waals surface area contributed by atoms with Crippen LogP contribution >= 0.6 is 0 Å². The van der Waals surface area contributed by atoms with Gasteiger partial charge in [-0.1, -0.05) is 12.1 Å². The van der Waals surface area contributed by atoms with Gasteiger partial charge in [0.2, 0.25) is 0 Å². The van der Waals surface area contributed by atoms with Crippen molar-refractivity contribution in [1.82, 2.24) is 0 Å². The Kier molecular flexibility index (Phi) is 4.15. The average molecular weight is 289 g/mol. The number of rotatable bonds is 5. The molecule has 7 nitrogen and oxygen atoms in total. The summed E-state index contributed by atoms with van der Waals surface area (Å²) in [5.41, 5.74) is 0.230. The molecular formula is C14H11NO6. The second-order valence-corrected chi connectivity index (χ2v) is 4.15. The van der Waals surface area contributed by atoms with Crippen LogP contribution in [0.15, 0.2) is 42.5 Å². The number of aliphatic hydroxyl groups is 1. The Bertz CT molecular complexity index is 680. The van der Waals surface area contributed by atoms with Crippen LogP contribution in [0.25, 0.3) is 0 Å². The topological polar surface area (TPSA) is 110 Å². The number of carboxylic acids is 1. The summed E-state index contributed by atoms with van der Waals surface area (Å²) in [7, 11) is 0. The minimum absolute atomic E-state index is 0.117. The molecule has 0 aromatic heterocycles. The Hall–Kier alpha value is -2.93. The number of non-ortho nitro benzene ring substituents is 1. The predicted octanol–water partition coefficient (Wildman–Crippen LogP) is 2.58. The van der Waals surface area contributed by atoms with E-state index in [1.807, 2.05) is 0 Å². The Labute approximate surface area is 119 Å². The summed E-state index contributed by atoms with van der Waals surface area (Å²) in [5.74, 6) is -1.05. The summed E-state index contributed by atoms with van der Waals surface area (Å²) >= 11 is 0. The zero-order valence-electron chi connectivity index (χ0n) is 10.7. The van der Waals surface area contributed by atoms with Crippen LogP contribution in [-0.2, 0) is 6.61 Å². The Balaban J connectivity index is 2.37. The van der Waals surface area contributed by atoms with Crippen molar-refractivity contribution in [3.63, 3.8) is 0 Å². The van der Waals surface area contributed by atoms with Crippen molar-refractivity contribution in [3.05, 3.63) is 63.7 Å². The minimum Gasteiger partial charge on any atom is -0.478 e. The molecule has 0 atom stereocenters. The number of nitro groups is 1. The van der Waals surface area contributed by atoms with E-state index in [0.717, 1.165) is 18.2 Å². The molecule has 7 heteroatoms. The molecule has 0 unspecified atom stereocenters. The molecule has 0 aliphatic rings. The number of aromatic carboxylic acids is 1. The summed E-state index contributed by atoms with van der Waals surface area (Å²) in [6.45, 7) is -0.128. The van der Waals surface area contributed by atoms with Crippen LogP contribution < -0.4 is 4.74 Å². The van der Waals surface area contributed by atoms with Crippen molar-refractivity contribution in [1.29, 1.82) is 0 Å². The van der Waals surface area contributed by atoms with Gasteiger partial charge in [0.1, 0.15) is 17.1 Å². The third kappa shape index (κ3) is 3.34. The third-order valence-electron chi connectivity index (χ3n) is 2.74. The standard InChI is InChI=1S/C14H11NO6/c16-8-9-1-4-11(5-2-9)21-13-7-10(15(19)20)3-6-12(13)14(17)18/h1-7,16H,8H2,(H,17,18). The number of carboxylic acid groups (broad SMARTS) is 1. The van der Waals surface area contributed by atoms with E-state index < -0.39 is 10.9 Å². The van der Waals surface area contributed by atoms with E-state index in [1.54, 1.807) is 12.1 Å². The quantitative estimate of drug-likeness (QED) is 0.646. The van der Waals surface area contributed by atoms with Crippen LogP contribution in [0.4, 0.5) is 5.69 Å². The molecule has 2 rings (SSSR count). The lowest BCUT2D eigenvalue weighted by atomic mass is 10.2. The largest absolute Gasteiger partial charge is 0.478 e. The third-order valence-corrected chi connectivity index (χ3v) is 2.74. The van der Waals surface area contributed by atoms with Gasteiger partial charge in [0.05, 0.1) is 17.6 Å². The number of hydrogen-bond acceptors (Lipinski definition) is 5. The van der Waals surface area contributed by atoms with Gasteiger partial charge in [-0.25, -0.2) is 4.79 Å². The van der Waals surface area contributed by atoms with Crippen LogP contribution in [0, 0.1) is 10.1 Å². The summed E-state index contributed by atoms with van der Waals surface area (Å²) in [5, 5.41) is 28.8. The Morgan fingerprint density at radius 1 is 1.19 bits per heavy atom. The number of ether oxygens (including phenoxy) is 1. The van der Waals surface area contributed by atoms with Crippen LogP contribution in [-0.4, -0.2) is 21.1 Å². The molecular weight excluding hydrogens is 278 g/mol. The van der Waals surface area contributed by atoms with Crippen LogP contribution in [0.3, 0.4) is 0 Å². The molecule has 0 aliphatic heterocycles. The summed E-state index contributed by atoms with van der Waals surface area (Å²) in [6, 6.07) is 9.57. The first-order chi connectivity index (χ1) is 10.0. The van der Waals surface area contributed by atoms with Gasteiger partial charge in [0, 0.05) is 6.07 Å². The van der Waals surface area contributed by atoms with Gasteiger partial charge >= 0.3 is 5.97 Å². The van der Waals surface area contributed by atoms with E-state index in [0.29, 0.717) is 11.3 Å². The van der Waals surface area contributed by atoms with Gasteiger partial charge in [-0.2, -0.15) is 0 Å². The zero-order valence-corrected chi connectivity index (χ0v) is 10.7. The Morgan fingerprint density at radius 2 is 1.86 bits per heavy atom. The predicted molar refractivity (Wildman–Crippen MR) is 72.5 cm³/mol. The van der Waals surface area contributed by atoms with Crippen molar-refractivity contribution >= 4 is 11.7 Å². The summed E-state index contributed by atoms with van der Waals surface area (Å²) < 4.78 is 5.39. The van der Waals surface area contributed by atoms with E-state index in [4.69, 9.17) is 14.9 Å². The average Bonchev–Trinajstić information content (AvgIpc) is 2.47. The zero-order chi connectivity index (χ0) is 15.4. The fourth-order valence-corrected chi connectivity index (χ4v) is 1.68. The van der Waals surface area contributed by atoms with E-state index in [1.165, 1.54) is 12.1 Å². The van der Waals surface area contributed by atoms with Crippen LogP contribution in [0.5, 0.6) is 11.5 Å². The number of benzene rings is 2. The summed E-state index contributed by atoms with van der Waals surface area (Å²) in [4.78, 5) is 21.2. The van der Waals surface area contributed by atoms with Crippen LogP contribution in [0.2, 0.25) is 0 Å². The molecule has 0 fully saturated rings. The fourth-order valence-electron chi connectivity index (χ4n) is 1.68. The highest BCUT2D eigenvalue weighted by Gasteiger charge is 2.17. The number of carbonyl (C=O) groups is 1. The molecule has 0 aliphatic carbocycles. The van der Waals surface area contributed by atoms with Crippen molar-refractivity contribution in [3.8, 4) is 11.5 Å². The smallest absolute Gasteiger partial charge is 0.339 e. The first-order valence-electron chi connectivity index (χ1n) is 5.90. The lowest BCUT2D eigenvalue weighted by Gasteiger charge is -2.09. The fraction of sp³-hybridized carbons (Fsp3) is 0.0714. The van der Waals surface area contributed by atoms with Crippen molar-refractivity contribution in [2.75, 3.05) is 0 Å². The molecule has 21 heavy (non-hydrogen) atoms. The first-order valence-corrected chi connectivity index (χ1v) is 5.90. The van der Waals surface area contributed by atoms with E-state index in [2.05, 4.69) is 0 Å². The van der Waals surface area contributed by atoms with Crippen molar-refractivity contribution in [2.45, 2.75) is 6.61 Å². The maximum Gasteiger partial charge on any atom is 0.339 e. The van der Waals surface area contributed by atoms with Crippen molar-refractivity contribution in [2.24, 2.45) is 0 Å². The van der Waals surface area contributed by atoms with E-state index >= 15 is 0 Å². The maximum absolute atomic E-state index is 11.1. The van der Waals surface area contributed by atoms with Gasteiger partial charge in [0.15, 0.2) is 0 Å². The molecule has 0 radical (unpaired) electrons. The molecule has 0 bridgehead atoms. The molecule has 2 N–H and O–H groups in total. The molecule has 0 spiro atoms. The first kappa shape index (κ1) is 14.5. The molecule has 0 heterocycles. The highest BCUT2D eigenvalue weighted by molar-refractivity contribution is 5.91. The van der Waals surface area contributed by atoms with E-state index in [9.17, 15) is 14.9 Å². The molecule has 0 amide bonds. The molecule has 0 saturated carbocycles. The number of aliphatic hydroxyl groups excluding tert-OH is 1. The van der Waals surface area contributed by atoms with Crippen LogP contribution in [0.1, 0.15) is 15.9 Å². The normalized spacial score (nSPS) is 10.1. The van der Waals surface area contributed by atoms with Gasteiger partial charge in [-0.05, 0) is 23.8 Å². The number of nitrogens with zero attached hydrogens (tertiary/aromatic N) is 1. The van der Waals surface area contributed by atoms with Gasteiger partial charge in [-0.15, -0.1) is 0 Å². The maximum atomic E-state index is 11.1. The Morgan fingerprint density at radius 3 is 2.38 bits per heavy atom. The second kappa shape index (κ2) is 6.02. The molecule has 2 aromatic carbocycles. The summed E-state index contributed by atoms with van der Waals surface area (Å²) in [6.07, 6.45) is 0. The van der Waals surface area contributed by atoms with Crippen molar-refractivity contribution < 1.29 is 24.7 Å². The monoisotopic (exact) mass is 289 g/mol.